The molecule has 0 atom stereocenters. The number of hydrogen-bond acceptors (Lipinski definition) is 3. The van der Waals surface area contributed by atoms with Crippen LogP contribution in [0.4, 0.5) is 5.69 Å². The molecule has 1 aromatic carbocycles. The molecule has 0 heterocycles. The molecule has 0 aliphatic heterocycles. The predicted octanol–water partition coefficient (Wildman–Crippen LogP) is 3.41. The normalized spacial score (nSPS) is 21.9. The third-order valence-electron chi connectivity index (χ3n) is 3.99. The van der Waals surface area contributed by atoms with Crippen LogP contribution >= 0.6 is 11.6 Å². The number of nitrogens with one attached hydrogen (secondary N) is 1. The van der Waals surface area contributed by atoms with Crippen LogP contribution in [0.15, 0.2) is 18.2 Å². The molecular weight excluding hydrogens is 288 g/mol. The van der Waals surface area contributed by atoms with Gasteiger partial charge in [-0.05, 0) is 43.9 Å². The number of methoxy groups -OCH3 is 1. The molecule has 0 spiro atoms. The maximum absolute atomic E-state index is 12.0. The molecule has 0 aromatic heterocycles. The molecule has 0 radical (unpaired) electrons. The lowest BCUT2D eigenvalue weighted by Gasteiger charge is -2.29. The molecule has 0 bridgehead atoms. The lowest BCUT2D eigenvalue weighted by Crippen LogP contribution is -2.29. The van der Waals surface area contributed by atoms with Gasteiger partial charge in [-0.25, -0.2) is 0 Å². The maximum atomic E-state index is 12.0. The zero-order valence-corrected chi connectivity index (χ0v) is 13.6. The number of hydrogen-bond donors (Lipinski definition) is 1. The second-order valence-corrected chi connectivity index (χ2v) is 6.16. The van der Waals surface area contributed by atoms with Crippen molar-refractivity contribution < 1.29 is 9.53 Å². The number of halogens is 1. The number of benzene rings is 1. The van der Waals surface area contributed by atoms with Crippen molar-refractivity contribution in [3.05, 3.63) is 28.8 Å². The molecular formula is C16H23ClN2O2. The van der Waals surface area contributed by atoms with Crippen molar-refractivity contribution in [3.8, 4) is 0 Å². The Morgan fingerprint density at radius 1 is 1.29 bits per heavy atom. The van der Waals surface area contributed by atoms with Crippen molar-refractivity contribution in [3.63, 3.8) is 0 Å². The molecule has 2 rings (SSSR count). The van der Waals surface area contributed by atoms with Gasteiger partial charge in [-0.3, -0.25) is 4.79 Å². The second-order valence-electron chi connectivity index (χ2n) is 5.75. The second kappa shape index (κ2) is 7.14. The average molecular weight is 311 g/mol. The number of rotatable bonds is 4. The monoisotopic (exact) mass is 310 g/mol. The van der Waals surface area contributed by atoms with E-state index in [4.69, 9.17) is 16.3 Å². The van der Waals surface area contributed by atoms with E-state index in [1.165, 1.54) is 0 Å². The van der Waals surface area contributed by atoms with E-state index in [1.807, 2.05) is 6.07 Å². The molecule has 0 saturated heterocycles. The van der Waals surface area contributed by atoms with Crippen LogP contribution in [0.1, 0.15) is 36.0 Å². The van der Waals surface area contributed by atoms with Crippen LogP contribution in [0.3, 0.4) is 0 Å². The highest BCUT2D eigenvalue weighted by molar-refractivity contribution is 6.33. The summed E-state index contributed by atoms with van der Waals surface area (Å²) in [6, 6.07) is 5.77. The molecule has 1 aliphatic rings. The SMILES string of the molecule is COC1CCC(Nc2cc(C(=O)N(C)C)ccc2Cl)CC1. The van der Waals surface area contributed by atoms with Crippen LogP contribution in [-0.4, -0.2) is 44.2 Å². The van der Waals surface area contributed by atoms with E-state index < -0.39 is 0 Å². The average Bonchev–Trinajstić information content (AvgIpc) is 2.49. The molecule has 1 N–H and O–H groups in total. The summed E-state index contributed by atoms with van der Waals surface area (Å²) < 4.78 is 5.39. The van der Waals surface area contributed by atoms with Gasteiger partial charge >= 0.3 is 0 Å². The summed E-state index contributed by atoms with van der Waals surface area (Å²) in [5, 5.41) is 4.12. The van der Waals surface area contributed by atoms with Crippen molar-refractivity contribution in [2.24, 2.45) is 0 Å². The number of carbonyl (C=O) groups is 1. The molecule has 1 fully saturated rings. The van der Waals surface area contributed by atoms with Gasteiger partial charge in [0.2, 0.25) is 0 Å². The van der Waals surface area contributed by atoms with Gasteiger partial charge in [0.05, 0.1) is 16.8 Å². The van der Waals surface area contributed by atoms with Crippen molar-refractivity contribution in [1.82, 2.24) is 4.90 Å². The summed E-state index contributed by atoms with van der Waals surface area (Å²) in [5.74, 6) is -0.0159. The fraction of sp³-hybridized carbons (Fsp3) is 0.562. The Balaban J connectivity index is 2.06. The first kappa shape index (κ1) is 16.1. The van der Waals surface area contributed by atoms with Crippen molar-refractivity contribution in [1.29, 1.82) is 0 Å². The highest BCUT2D eigenvalue weighted by Crippen LogP contribution is 2.28. The zero-order valence-electron chi connectivity index (χ0n) is 12.9. The summed E-state index contributed by atoms with van der Waals surface area (Å²) in [4.78, 5) is 13.6. The number of ether oxygens (including phenoxy) is 1. The fourth-order valence-corrected chi connectivity index (χ4v) is 2.86. The molecule has 5 heteroatoms. The van der Waals surface area contributed by atoms with Gasteiger partial charge in [0.25, 0.3) is 5.91 Å². The molecule has 1 amide bonds. The van der Waals surface area contributed by atoms with Gasteiger partial charge in [-0.2, -0.15) is 0 Å². The topological polar surface area (TPSA) is 41.6 Å². The third-order valence-corrected chi connectivity index (χ3v) is 4.32. The van der Waals surface area contributed by atoms with Crippen LogP contribution in [0, 0.1) is 0 Å². The van der Waals surface area contributed by atoms with Crippen molar-refractivity contribution in [2.75, 3.05) is 26.5 Å². The van der Waals surface area contributed by atoms with E-state index >= 15 is 0 Å². The summed E-state index contributed by atoms with van der Waals surface area (Å²) >= 11 is 6.24. The van der Waals surface area contributed by atoms with Crippen molar-refractivity contribution in [2.45, 2.75) is 37.8 Å². The van der Waals surface area contributed by atoms with Crippen LogP contribution in [0.2, 0.25) is 5.02 Å². The van der Waals surface area contributed by atoms with E-state index in [-0.39, 0.29) is 5.91 Å². The summed E-state index contributed by atoms with van der Waals surface area (Å²) in [6.45, 7) is 0. The Hall–Kier alpha value is -1.26. The van der Waals surface area contributed by atoms with Crippen LogP contribution in [-0.2, 0) is 4.74 Å². The fourth-order valence-electron chi connectivity index (χ4n) is 2.69. The van der Waals surface area contributed by atoms with Crippen LogP contribution in [0.25, 0.3) is 0 Å². The van der Waals surface area contributed by atoms with Gasteiger partial charge in [0.15, 0.2) is 0 Å². The summed E-state index contributed by atoms with van der Waals surface area (Å²) in [7, 11) is 5.26. The van der Waals surface area contributed by atoms with E-state index in [0.717, 1.165) is 31.4 Å². The number of anilines is 1. The largest absolute Gasteiger partial charge is 0.381 e. The highest BCUT2D eigenvalue weighted by atomic mass is 35.5. The molecule has 0 unspecified atom stereocenters. The number of carbonyl (C=O) groups excluding carboxylic acids is 1. The Morgan fingerprint density at radius 2 is 1.95 bits per heavy atom. The number of amides is 1. The molecule has 116 valence electrons. The Labute approximate surface area is 131 Å². The minimum atomic E-state index is -0.0159. The zero-order chi connectivity index (χ0) is 15.4. The van der Waals surface area contributed by atoms with Crippen molar-refractivity contribution >= 4 is 23.2 Å². The van der Waals surface area contributed by atoms with Gasteiger partial charge in [-0.1, -0.05) is 11.6 Å². The third kappa shape index (κ3) is 4.11. The Bertz CT molecular complexity index is 497. The van der Waals surface area contributed by atoms with Gasteiger partial charge in [-0.15, -0.1) is 0 Å². The Kier molecular flexibility index (Phi) is 5.48. The van der Waals surface area contributed by atoms with Crippen LogP contribution in [0.5, 0.6) is 0 Å². The smallest absolute Gasteiger partial charge is 0.253 e. The molecule has 1 saturated carbocycles. The molecule has 4 nitrogen and oxygen atoms in total. The van der Waals surface area contributed by atoms with E-state index in [9.17, 15) is 4.79 Å². The summed E-state index contributed by atoms with van der Waals surface area (Å²) in [5.41, 5.74) is 1.49. The van der Waals surface area contributed by atoms with Crippen LogP contribution < -0.4 is 5.32 Å². The lowest BCUT2D eigenvalue weighted by atomic mass is 9.92. The minimum Gasteiger partial charge on any atom is -0.381 e. The molecule has 21 heavy (non-hydrogen) atoms. The maximum Gasteiger partial charge on any atom is 0.253 e. The standard InChI is InChI=1S/C16H23ClN2O2/c1-19(2)16(20)11-4-9-14(17)15(10-11)18-12-5-7-13(21-3)8-6-12/h4,9-10,12-13,18H,5-8H2,1-3H3. The van der Waals surface area contributed by atoms with E-state index in [2.05, 4.69) is 5.32 Å². The van der Waals surface area contributed by atoms with Gasteiger partial charge < -0.3 is 15.0 Å². The molecule has 1 aromatic rings. The number of nitrogens with zero attached hydrogens (tertiary/aromatic N) is 1. The minimum absolute atomic E-state index is 0.0159. The summed E-state index contributed by atoms with van der Waals surface area (Å²) in [6.07, 6.45) is 4.60. The lowest BCUT2D eigenvalue weighted by molar-refractivity contribution is 0.0682. The quantitative estimate of drug-likeness (QED) is 0.926. The van der Waals surface area contributed by atoms with Gasteiger partial charge in [0.1, 0.15) is 0 Å². The van der Waals surface area contributed by atoms with E-state index in [0.29, 0.717) is 22.7 Å². The van der Waals surface area contributed by atoms with Gasteiger partial charge in [0, 0.05) is 32.8 Å². The first-order valence-corrected chi connectivity index (χ1v) is 7.69. The predicted molar refractivity (Wildman–Crippen MR) is 86.1 cm³/mol. The van der Waals surface area contributed by atoms with E-state index in [1.54, 1.807) is 38.2 Å². The first-order chi connectivity index (χ1) is 10.0. The Morgan fingerprint density at radius 3 is 2.52 bits per heavy atom. The highest BCUT2D eigenvalue weighted by Gasteiger charge is 2.21. The first-order valence-electron chi connectivity index (χ1n) is 7.31. The molecule has 1 aliphatic carbocycles.